The van der Waals surface area contributed by atoms with Crippen molar-refractivity contribution in [1.82, 2.24) is 20.0 Å². The lowest BCUT2D eigenvalue weighted by Gasteiger charge is -2.39. The summed E-state index contributed by atoms with van der Waals surface area (Å²) in [6.45, 7) is 2.89. The van der Waals surface area contributed by atoms with E-state index in [-0.39, 0.29) is 12.6 Å². The number of aromatic amines is 1. The van der Waals surface area contributed by atoms with E-state index in [1.54, 1.807) is 0 Å². The number of alkyl halides is 6. The van der Waals surface area contributed by atoms with E-state index in [0.29, 0.717) is 18.7 Å². The molecule has 156 valence electrons. The molecule has 13 heteroatoms. The van der Waals surface area contributed by atoms with Gasteiger partial charge in [0.05, 0.1) is 0 Å². The largest absolute Gasteiger partial charge is 0.490 e. The van der Waals surface area contributed by atoms with Crippen molar-refractivity contribution in [2.45, 2.75) is 31.4 Å². The van der Waals surface area contributed by atoms with Crippen molar-refractivity contribution in [2.75, 3.05) is 33.3 Å². The molecule has 1 saturated heterocycles. The minimum atomic E-state index is -5.08. The molecule has 2 heterocycles. The van der Waals surface area contributed by atoms with Crippen LogP contribution >= 0.6 is 0 Å². The summed E-state index contributed by atoms with van der Waals surface area (Å²) in [6, 6.07) is 1.29. The predicted molar refractivity (Wildman–Crippen MR) is 80.7 cm³/mol. The fraction of sp³-hybridized carbons (Fsp3) is 0.714. The second kappa shape index (κ2) is 9.37. The number of aliphatic hydroxyl groups is 1. The van der Waals surface area contributed by atoms with Crippen LogP contribution in [-0.4, -0.2) is 81.7 Å². The lowest BCUT2D eigenvalue weighted by Crippen LogP contribution is -2.51. The minimum Gasteiger partial charge on any atom is -0.475 e. The van der Waals surface area contributed by atoms with Crippen LogP contribution in [0.25, 0.3) is 0 Å². The molecule has 2 rings (SSSR count). The van der Waals surface area contributed by atoms with Gasteiger partial charge in [0.1, 0.15) is 0 Å². The van der Waals surface area contributed by atoms with Gasteiger partial charge in [-0.3, -0.25) is 10.00 Å². The lowest BCUT2D eigenvalue weighted by molar-refractivity contribution is -0.192. The number of carboxylic acids is 1. The van der Waals surface area contributed by atoms with Crippen molar-refractivity contribution in [3.63, 3.8) is 0 Å². The number of carbonyl (C=O) groups is 1. The summed E-state index contributed by atoms with van der Waals surface area (Å²) in [4.78, 5) is 13.1. The molecule has 27 heavy (non-hydrogen) atoms. The van der Waals surface area contributed by atoms with Crippen LogP contribution in [0.4, 0.5) is 26.3 Å². The molecular formula is C14H20F6N4O3. The molecular weight excluding hydrogens is 386 g/mol. The molecule has 0 bridgehead atoms. The van der Waals surface area contributed by atoms with Crippen molar-refractivity contribution in [3.8, 4) is 0 Å². The molecule has 1 aliphatic heterocycles. The average molecular weight is 406 g/mol. The Balaban J connectivity index is 0.000000445. The van der Waals surface area contributed by atoms with Crippen molar-refractivity contribution < 1.29 is 41.4 Å². The van der Waals surface area contributed by atoms with Gasteiger partial charge < -0.3 is 15.1 Å². The Morgan fingerprint density at radius 2 is 1.89 bits per heavy atom. The van der Waals surface area contributed by atoms with Crippen LogP contribution in [-0.2, 0) is 17.5 Å². The third kappa shape index (κ3) is 7.72. The van der Waals surface area contributed by atoms with Gasteiger partial charge in [-0.15, -0.1) is 0 Å². The normalized spacial score (nSPS) is 19.5. The summed E-state index contributed by atoms with van der Waals surface area (Å²) in [5, 5.41) is 21.9. The number of nitrogens with zero attached hydrogens (tertiary/aromatic N) is 3. The maximum Gasteiger partial charge on any atom is 0.490 e. The zero-order valence-electron chi connectivity index (χ0n) is 14.3. The number of halogens is 6. The van der Waals surface area contributed by atoms with E-state index in [9.17, 15) is 26.3 Å². The fourth-order valence-electron chi connectivity index (χ4n) is 2.44. The number of H-pyrrole nitrogens is 1. The van der Waals surface area contributed by atoms with Gasteiger partial charge in [0, 0.05) is 44.5 Å². The van der Waals surface area contributed by atoms with Crippen molar-refractivity contribution in [2.24, 2.45) is 0 Å². The molecule has 0 radical (unpaired) electrons. The van der Waals surface area contributed by atoms with Crippen molar-refractivity contribution in [1.29, 1.82) is 0 Å². The second-order valence-electron chi connectivity index (χ2n) is 5.96. The molecule has 0 spiro atoms. The molecule has 0 amide bonds. The van der Waals surface area contributed by atoms with E-state index >= 15 is 0 Å². The standard InChI is InChI=1S/C12H19F3N4O.C2HF3O2/c1-18-3-4-19(8-10(18)2-5-20)7-9-6-11(17-16-9)12(13,14)15;3-2(4,5)1(6)7/h6,10,20H,2-5,7-8H2,1H3,(H,16,17);(H,6,7). The van der Waals surface area contributed by atoms with Gasteiger partial charge >= 0.3 is 18.3 Å². The number of nitrogens with one attached hydrogen (secondary N) is 1. The number of carboxylic acid groups (broad SMARTS) is 1. The number of aromatic nitrogens is 2. The Morgan fingerprint density at radius 1 is 1.30 bits per heavy atom. The molecule has 7 nitrogen and oxygen atoms in total. The Labute approximate surface area is 150 Å². The first-order chi connectivity index (χ1) is 12.3. The minimum absolute atomic E-state index is 0.116. The number of aliphatic hydroxyl groups excluding tert-OH is 1. The molecule has 0 aliphatic carbocycles. The first-order valence-electron chi connectivity index (χ1n) is 7.79. The third-order valence-electron chi connectivity index (χ3n) is 3.88. The number of rotatable bonds is 4. The molecule has 1 aliphatic rings. The Morgan fingerprint density at radius 3 is 2.33 bits per heavy atom. The van der Waals surface area contributed by atoms with Gasteiger partial charge in [-0.2, -0.15) is 31.4 Å². The van der Waals surface area contributed by atoms with Crippen molar-refractivity contribution in [3.05, 3.63) is 17.5 Å². The summed E-state index contributed by atoms with van der Waals surface area (Å²) in [5.41, 5.74) is -0.418. The number of piperazine rings is 1. The third-order valence-corrected chi connectivity index (χ3v) is 3.88. The monoisotopic (exact) mass is 406 g/mol. The highest BCUT2D eigenvalue weighted by molar-refractivity contribution is 5.73. The van der Waals surface area contributed by atoms with Crippen LogP contribution < -0.4 is 0 Å². The first kappa shape index (κ1) is 23.2. The molecule has 1 atom stereocenters. The molecule has 1 aromatic rings. The van der Waals surface area contributed by atoms with Gasteiger partial charge in [0.2, 0.25) is 0 Å². The summed E-state index contributed by atoms with van der Waals surface area (Å²) >= 11 is 0. The first-order valence-corrected chi connectivity index (χ1v) is 7.79. The number of aliphatic carboxylic acids is 1. The number of hydrogen-bond acceptors (Lipinski definition) is 5. The molecule has 1 fully saturated rings. The van der Waals surface area contributed by atoms with E-state index in [1.807, 2.05) is 7.05 Å². The van der Waals surface area contributed by atoms with E-state index in [0.717, 1.165) is 25.7 Å². The smallest absolute Gasteiger partial charge is 0.475 e. The van der Waals surface area contributed by atoms with Gasteiger partial charge in [0.15, 0.2) is 5.69 Å². The van der Waals surface area contributed by atoms with Gasteiger partial charge in [-0.1, -0.05) is 0 Å². The summed E-state index contributed by atoms with van der Waals surface area (Å²) in [5.74, 6) is -2.76. The highest BCUT2D eigenvalue weighted by Crippen LogP contribution is 2.28. The molecule has 1 unspecified atom stereocenters. The highest BCUT2D eigenvalue weighted by Gasteiger charge is 2.38. The fourth-order valence-corrected chi connectivity index (χ4v) is 2.44. The van der Waals surface area contributed by atoms with Gasteiger partial charge in [-0.25, -0.2) is 4.79 Å². The number of likely N-dealkylation sites (N-methyl/N-ethyl adjacent to an activating group) is 1. The van der Waals surface area contributed by atoms with Crippen LogP contribution in [0.15, 0.2) is 6.07 Å². The highest BCUT2D eigenvalue weighted by atomic mass is 19.4. The van der Waals surface area contributed by atoms with Crippen molar-refractivity contribution >= 4 is 5.97 Å². The maximum atomic E-state index is 12.5. The summed E-state index contributed by atoms with van der Waals surface area (Å²) in [7, 11) is 2.00. The molecule has 1 aromatic heterocycles. The average Bonchev–Trinajstić information content (AvgIpc) is 2.99. The Hall–Kier alpha value is -1.86. The van der Waals surface area contributed by atoms with Gasteiger partial charge in [-0.05, 0) is 19.5 Å². The van der Waals surface area contributed by atoms with Gasteiger partial charge in [0.25, 0.3) is 0 Å². The van der Waals surface area contributed by atoms with Crippen LogP contribution in [0, 0.1) is 0 Å². The summed E-state index contributed by atoms with van der Waals surface area (Å²) < 4.78 is 69.1. The van der Waals surface area contributed by atoms with Crippen LogP contribution in [0.3, 0.4) is 0 Å². The SMILES string of the molecule is CN1CCN(Cc2cc(C(F)(F)F)n[nH]2)CC1CCO.O=C(O)C(F)(F)F. The zero-order valence-corrected chi connectivity index (χ0v) is 14.3. The zero-order chi connectivity index (χ0) is 20.8. The molecule has 0 saturated carbocycles. The number of hydrogen-bond donors (Lipinski definition) is 3. The Kier molecular flexibility index (Phi) is 8.04. The lowest BCUT2D eigenvalue weighted by atomic mass is 10.1. The predicted octanol–water partition coefficient (Wildman–Crippen LogP) is 1.56. The topological polar surface area (TPSA) is 92.7 Å². The Bertz CT molecular complexity index is 604. The van der Waals surface area contributed by atoms with E-state index in [2.05, 4.69) is 20.0 Å². The molecule has 3 N–H and O–H groups in total. The van der Waals surface area contributed by atoms with Crippen LogP contribution in [0.1, 0.15) is 17.8 Å². The maximum absolute atomic E-state index is 12.5. The van der Waals surface area contributed by atoms with E-state index in [4.69, 9.17) is 15.0 Å². The molecule has 0 aromatic carbocycles. The van der Waals surface area contributed by atoms with Crippen LogP contribution in [0.2, 0.25) is 0 Å². The quantitative estimate of drug-likeness (QED) is 0.658. The van der Waals surface area contributed by atoms with E-state index < -0.39 is 24.0 Å². The summed E-state index contributed by atoms with van der Waals surface area (Å²) in [6.07, 6.45) is -8.82. The van der Waals surface area contributed by atoms with E-state index in [1.165, 1.54) is 0 Å². The second-order valence-corrected chi connectivity index (χ2v) is 5.96. The van der Waals surface area contributed by atoms with Crippen LogP contribution in [0.5, 0.6) is 0 Å².